The van der Waals surface area contributed by atoms with Gasteiger partial charge in [0.2, 0.25) is 0 Å². The number of carbonyl (C=O) groups is 2. The number of hydrogen-bond acceptors (Lipinski definition) is 5. The number of benzene rings is 1. The summed E-state index contributed by atoms with van der Waals surface area (Å²) in [7, 11) is 1.28. The van der Waals surface area contributed by atoms with Crippen molar-refractivity contribution in [3.05, 3.63) is 53.7 Å². The number of urea groups is 1. The lowest BCUT2D eigenvalue weighted by molar-refractivity contribution is -0.137. The van der Waals surface area contributed by atoms with E-state index in [2.05, 4.69) is 20.4 Å². The molecule has 1 aromatic carbocycles. The largest absolute Gasteiger partial charge is 0.465 e. The summed E-state index contributed by atoms with van der Waals surface area (Å²) in [6, 6.07) is 8.29. The zero-order valence-corrected chi connectivity index (χ0v) is 16.2. The van der Waals surface area contributed by atoms with Crippen molar-refractivity contribution in [2.24, 2.45) is 0 Å². The number of halogens is 3. The molecule has 1 aliphatic heterocycles. The number of pyridine rings is 1. The summed E-state index contributed by atoms with van der Waals surface area (Å²) in [5.41, 5.74) is 0.00480. The summed E-state index contributed by atoms with van der Waals surface area (Å²) in [4.78, 5) is 29.6. The molecule has 0 atom stereocenters. The number of anilines is 2. The van der Waals surface area contributed by atoms with Crippen molar-refractivity contribution in [3.8, 4) is 0 Å². The van der Waals surface area contributed by atoms with Gasteiger partial charge in [0.1, 0.15) is 5.82 Å². The zero-order chi connectivity index (χ0) is 21.7. The highest BCUT2D eigenvalue weighted by Gasteiger charge is 2.31. The first kappa shape index (κ1) is 21.4. The first-order valence-electron chi connectivity index (χ1n) is 9.30. The third-order valence-corrected chi connectivity index (χ3v) is 4.77. The van der Waals surface area contributed by atoms with E-state index in [1.54, 1.807) is 18.2 Å². The summed E-state index contributed by atoms with van der Waals surface area (Å²) in [5, 5.41) is 5.55. The van der Waals surface area contributed by atoms with Crippen LogP contribution in [0.2, 0.25) is 0 Å². The van der Waals surface area contributed by atoms with E-state index < -0.39 is 23.7 Å². The normalized spacial score (nSPS) is 14.9. The number of carbonyl (C=O) groups excluding carboxylic acids is 2. The highest BCUT2D eigenvalue weighted by molar-refractivity contribution is 5.93. The summed E-state index contributed by atoms with van der Waals surface area (Å²) in [5.74, 6) is -0.0196. The predicted molar refractivity (Wildman–Crippen MR) is 104 cm³/mol. The van der Waals surface area contributed by atoms with Crippen LogP contribution in [-0.2, 0) is 10.9 Å². The molecule has 7 nitrogen and oxygen atoms in total. The Morgan fingerprint density at radius 2 is 1.90 bits per heavy atom. The molecule has 2 amide bonds. The Balaban J connectivity index is 1.50. The molecule has 0 aliphatic carbocycles. The standard InChI is InChI=1S/C20H21F3N4O3/c1-30-18(28)13-3-2-4-16(11-13)26-19(29)25-15-7-9-27(10-8-15)17-6-5-14(12-24-17)20(21,22)23/h2-6,11-12,15H,7-10H2,1H3,(H2,25,26,29). The van der Waals surface area contributed by atoms with Crippen molar-refractivity contribution >= 4 is 23.5 Å². The van der Waals surface area contributed by atoms with Crippen LogP contribution in [0, 0.1) is 0 Å². The van der Waals surface area contributed by atoms with Crippen LogP contribution in [0.5, 0.6) is 0 Å². The number of aromatic nitrogens is 1. The molecule has 3 rings (SSSR count). The molecule has 1 aromatic heterocycles. The smallest absolute Gasteiger partial charge is 0.417 e. The van der Waals surface area contributed by atoms with E-state index in [9.17, 15) is 22.8 Å². The van der Waals surface area contributed by atoms with Crippen molar-refractivity contribution in [2.45, 2.75) is 25.1 Å². The van der Waals surface area contributed by atoms with Crippen LogP contribution in [0.1, 0.15) is 28.8 Å². The molecule has 0 radical (unpaired) electrons. The van der Waals surface area contributed by atoms with Gasteiger partial charge in [-0.2, -0.15) is 13.2 Å². The van der Waals surface area contributed by atoms with Crippen LogP contribution in [0.15, 0.2) is 42.6 Å². The van der Waals surface area contributed by atoms with Gasteiger partial charge in [0, 0.05) is 31.0 Å². The Morgan fingerprint density at radius 1 is 1.17 bits per heavy atom. The van der Waals surface area contributed by atoms with Crippen LogP contribution >= 0.6 is 0 Å². The first-order valence-corrected chi connectivity index (χ1v) is 9.30. The van der Waals surface area contributed by atoms with Gasteiger partial charge in [-0.3, -0.25) is 0 Å². The quantitative estimate of drug-likeness (QED) is 0.735. The lowest BCUT2D eigenvalue weighted by atomic mass is 10.1. The number of alkyl halides is 3. The SMILES string of the molecule is COC(=O)c1cccc(NC(=O)NC2CCN(c3ccc(C(F)(F)F)cn3)CC2)c1. The molecule has 0 saturated carbocycles. The molecular formula is C20H21F3N4O3. The summed E-state index contributed by atoms with van der Waals surface area (Å²) in [6.07, 6.45) is -2.33. The number of esters is 1. The van der Waals surface area contributed by atoms with Crippen molar-refractivity contribution in [3.63, 3.8) is 0 Å². The van der Waals surface area contributed by atoms with E-state index in [0.29, 0.717) is 43.0 Å². The van der Waals surface area contributed by atoms with Gasteiger partial charge in [-0.15, -0.1) is 0 Å². The molecule has 1 aliphatic rings. The number of rotatable bonds is 4. The number of piperidine rings is 1. The van der Waals surface area contributed by atoms with Crippen molar-refractivity contribution in [1.82, 2.24) is 10.3 Å². The number of nitrogens with zero attached hydrogens (tertiary/aromatic N) is 2. The Morgan fingerprint density at radius 3 is 2.50 bits per heavy atom. The van der Waals surface area contributed by atoms with E-state index in [-0.39, 0.29) is 6.04 Å². The van der Waals surface area contributed by atoms with Crippen molar-refractivity contribution < 1.29 is 27.5 Å². The average molecular weight is 422 g/mol. The van der Waals surface area contributed by atoms with Gasteiger partial charge in [0.05, 0.1) is 18.2 Å². The second-order valence-electron chi connectivity index (χ2n) is 6.84. The van der Waals surface area contributed by atoms with Gasteiger partial charge in [-0.25, -0.2) is 14.6 Å². The fourth-order valence-corrected chi connectivity index (χ4v) is 3.19. The van der Waals surface area contributed by atoms with Gasteiger partial charge in [-0.05, 0) is 43.2 Å². The highest BCUT2D eigenvalue weighted by atomic mass is 19.4. The van der Waals surface area contributed by atoms with Gasteiger partial charge < -0.3 is 20.3 Å². The maximum Gasteiger partial charge on any atom is 0.417 e. The molecule has 0 unspecified atom stereocenters. The third kappa shape index (κ3) is 5.40. The lowest BCUT2D eigenvalue weighted by Gasteiger charge is -2.33. The molecule has 0 bridgehead atoms. The van der Waals surface area contributed by atoms with Crippen LogP contribution in [-0.4, -0.2) is 43.2 Å². The molecule has 30 heavy (non-hydrogen) atoms. The Bertz CT molecular complexity index is 895. The highest BCUT2D eigenvalue weighted by Crippen LogP contribution is 2.29. The Labute approximate surface area is 171 Å². The monoisotopic (exact) mass is 422 g/mol. The van der Waals surface area contributed by atoms with Gasteiger partial charge in [-0.1, -0.05) is 6.07 Å². The molecule has 160 valence electrons. The zero-order valence-electron chi connectivity index (χ0n) is 16.2. The van der Waals surface area contributed by atoms with Crippen LogP contribution in [0.3, 0.4) is 0 Å². The number of amides is 2. The third-order valence-electron chi connectivity index (χ3n) is 4.77. The van der Waals surface area contributed by atoms with Gasteiger partial charge in [0.25, 0.3) is 0 Å². The Kier molecular flexibility index (Phi) is 6.43. The number of nitrogens with one attached hydrogen (secondary N) is 2. The maximum atomic E-state index is 12.6. The van der Waals surface area contributed by atoms with E-state index in [1.807, 2.05) is 4.90 Å². The number of ether oxygens (including phenoxy) is 1. The van der Waals surface area contributed by atoms with E-state index in [0.717, 1.165) is 12.3 Å². The summed E-state index contributed by atoms with van der Waals surface area (Å²) < 4.78 is 42.6. The summed E-state index contributed by atoms with van der Waals surface area (Å²) >= 11 is 0. The molecule has 0 spiro atoms. The molecule has 2 N–H and O–H groups in total. The number of methoxy groups -OCH3 is 1. The Hall–Kier alpha value is -3.30. The second-order valence-corrected chi connectivity index (χ2v) is 6.84. The second kappa shape index (κ2) is 9.02. The molecule has 1 fully saturated rings. The van der Waals surface area contributed by atoms with Crippen molar-refractivity contribution in [2.75, 3.05) is 30.4 Å². The number of hydrogen-bond donors (Lipinski definition) is 2. The fourth-order valence-electron chi connectivity index (χ4n) is 3.19. The van der Waals surface area contributed by atoms with Gasteiger partial charge in [0.15, 0.2) is 0 Å². The molecule has 2 heterocycles. The van der Waals surface area contributed by atoms with Gasteiger partial charge >= 0.3 is 18.2 Å². The van der Waals surface area contributed by atoms with E-state index >= 15 is 0 Å². The van der Waals surface area contributed by atoms with Crippen LogP contribution < -0.4 is 15.5 Å². The van der Waals surface area contributed by atoms with E-state index in [1.165, 1.54) is 19.2 Å². The van der Waals surface area contributed by atoms with Crippen LogP contribution in [0.25, 0.3) is 0 Å². The minimum Gasteiger partial charge on any atom is -0.465 e. The van der Waals surface area contributed by atoms with E-state index in [4.69, 9.17) is 0 Å². The molecule has 1 saturated heterocycles. The van der Waals surface area contributed by atoms with Crippen molar-refractivity contribution in [1.29, 1.82) is 0 Å². The minimum atomic E-state index is -4.41. The first-order chi connectivity index (χ1) is 14.3. The lowest BCUT2D eigenvalue weighted by Crippen LogP contribution is -2.46. The summed E-state index contributed by atoms with van der Waals surface area (Å²) in [6.45, 7) is 1.11. The average Bonchev–Trinajstić information content (AvgIpc) is 2.73. The molecular weight excluding hydrogens is 401 g/mol. The maximum absolute atomic E-state index is 12.6. The minimum absolute atomic E-state index is 0.0838. The molecule has 10 heteroatoms. The fraction of sp³-hybridized carbons (Fsp3) is 0.350. The predicted octanol–water partition coefficient (Wildman–Crippen LogP) is 3.68. The topological polar surface area (TPSA) is 83.6 Å². The van der Waals surface area contributed by atoms with Crippen LogP contribution in [0.4, 0.5) is 29.5 Å². The molecule has 2 aromatic rings.